The number of aliphatic hydroxyl groups excluding tert-OH is 4. The van der Waals surface area contributed by atoms with E-state index < -0.39 is 73.2 Å². The molecule has 7 atom stereocenters. The van der Waals surface area contributed by atoms with Gasteiger partial charge >= 0.3 is 12.0 Å². The van der Waals surface area contributed by atoms with Gasteiger partial charge in [0.15, 0.2) is 0 Å². The van der Waals surface area contributed by atoms with Gasteiger partial charge in [0.05, 0.1) is 24.3 Å². The fraction of sp³-hybridized carbons (Fsp3) is 0.677. The Labute approximate surface area is 274 Å². The number of anilines is 1. The lowest BCUT2D eigenvalue weighted by Crippen LogP contribution is -2.60. The van der Waals surface area contributed by atoms with Crippen molar-refractivity contribution in [1.82, 2.24) is 16.0 Å². The van der Waals surface area contributed by atoms with E-state index in [9.17, 15) is 39.6 Å². The topological polar surface area (TPSA) is 251 Å². The standard InChI is InChI=1S/C31H51N5O11/c1-15(2)23(34-17(5)6)28(42)36-20(8-7-11-33-31(32)44)27(41)35-19-10-9-18(14-45-29(43)16(3)4)12-21(19)46-30-26(40)25(39)24(38)22(13-37)47-30/h9-10,12,15-17,20,22-26,30,34,37-40H,7-8,11,13-14H2,1-6H3,(H,35,41)(H,36,42)(H3,32,33,44)/t20-,22+,23-,24+,25-,26+,30+/m0/s1. The summed E-state index contributed by atoms with van der Waals surface area (Å²) < 4.78 is 16.7. The van der Waals surface area contributed by atoms with Crippen LogP contribution in [0.2, 0.25) is 0 Å². The maximum Gasteiger partial charge on any atom is 0.312 e. The van der Waals surface area contributed by atoms with E-state index in [-0.39, 0.29) is 48.9 Å². The molecule has 4 amide bonds. The highest BCUT2D eigenvalue weighted by Gasteiger charge is 2.45. The van der Waals surface area contributed by atoms with Crippen molar-refractivity contribution in [2.45, 2.75) is 110 Å². The van der Waals surface area contributed by atoms with Crippen LogP contribution in [0.4, 0.5) is 10.5 Å². The molecule has 2 rings (SSSR count). The van der Waals surface area contributed by atoms with Gasteiger partial charge in [-0.1, -0.05) is 47.6 Å². The lowest BCUT2D eigenvalue weighted by atomic mass is 9.99. The van der Waals surface area contributed by atoms with Crippen LogP contribution in [0.1, 0.15) is 59.9 Å². The van der Waals surface area contributed by atoms with Crippen molar-refractivity contribution in [2.24, 2.45) is 17.6 Å². The van der Waals surface area contributed by atoms with Gasteiger partial charge in [0.25, 0.3) is 0 Å². The molecule has 0 saturated carbocycles. The van der Waals surface area contributed by atoms with Crippen LogP contribution in [0.15, 0.2) is 18.2 Å². The predicted octanol–water partition coefficient (Wildman–Crippen LogP) is -0.541. The lowest BCUT2D eigenvalue weighted by Gasteiger charge is -2.39. The smallest absolute Gasteiger partial charge is 0.312 e. The van der Waals surface area contributed by atoms with Crippen LogP contribution in [-0.4, -0.2) is 106 Å². The van der Waals surface area contributed by atoms with Crippen LogP contribution in [0.5, 0.6) is 5.75 Å². The fourth-order valence-corrected chi connectivity index (χ4v) is 4.67. The van der Waals surface area contributed by atoms with Gasteiger partial charge in [0.2, 0.25) is 18.1 Å². The number of carbonyl (C=O) groups excluding carboxylic acids is 4. The van der Waals surface area contributed by atoms with Crippen LogP contribution < -0.4 is 31.7 Å². The van der Waals surface area contributed by atoms with Crippen molar-refractivity contribution in [1.29, 1.82) is 0 Å². The summed E-state index contributed by atoms with van der Waals surface area (Å²) in [5.41, 5.74) is 5.67. The first kappa shape index (κ1) is 39.6. The second-order valence-corrected chi connectivity index (χ2v) is 12.4. The first-order valence-electron chi connectivity index (χ1n) is 15.7. The third-order valence-corrected chi connectivity index (χ3v) is 7.31. The van der Waals surface area contributed by atoms with E-state index in [2.05, 4.69) is 21.3 Å². The highest BCUT2D eigenvalue weighted by molar-refractivity contribution is 5.98. The first-order valence-corrected chi connectivity index (χ1v) is 15.7. The Kier molecular flexibility index (Phi) is 15.8. The molecule has 1 saturated heterocycles. The minimum atomic E-state index is -1.75. The molecule has 0 radical (unpaired) electrons. The van der Waals surface area contributed by atoms with E-state index in [1.807, 2.05) is 27.7 Å². The van der Waals surface area contributed by atoms with Crippen LogP contribution in [0.3, 0.4) is 0 Å². The molecule has 10 N–H and O–H groups in total. The van der Waals surface area contributed by atoms with Crippen molar-refractivity contribution in [3.05, 3.63) is 23.8 Å². The predicted molar refractivity (Wildman–Crippen MR) is 170 cm³/mol. The van der Waals surface area contributed by atoms with Crippen LogP contribution in [0.25, 0.3) is 0 Å². The van der Waals surface area contributed by atoms with E-state index in [4.69, 9.17) is 19.9 Å². The molecule has 0 aliphatic carbocycles. The largest absolute Gasteiger partial charge is 0.461 e. The molecule has 0 spiro atoms. The molecule has 0 unspecified atom stereocenters. The van der Waals surface area contributed by atoms with Crippen LogP contribution in [0, 0.1) is 11.8 Å². The molecule has 0 bridgehead atoms. The molecule has 1 aromatic rings. The second-order valence-electron chi connectivity index (χ2n) is 12.4. The molecule has 1 heterocycles. The summed E-state index contributed by atoms with van der Waals surface area (Å²) in [6, 6.07) is 2.03. The molecule has 16 heteroatoms. The number of primary amides is 1. The van der Waals surface area contributed by atoms with Gasteiger partial charge in [-0.05, 0) is 36.5 Å². The number of benzene rings is 1. The second kappa shape index (κ2) is 18.7. The number of ether oxygens (including phenoxy) is 3. The number of esters is 1. The SMILES string of the molecule is CC(C)N[C@H](C(=O)N[C@@H](CCCNC(N)=O)C(=O)Nc1ccc(COC(=O)C(C)C)cc1O[C@@H]1O[C@H](CO)[C@@H](O)[C@H](O)[C@H]1O)C(C)C. The normalized spacial score (nSPS) is 22.4. The maximum absolute atomic E-state index is 13.7. The Morgan fingerprint density at radius 2 is 1.66 bits per heavy atom. The average molecular weight is 670 g/mol. The Morgan fingerprint density at radius 3 is 2.23 bits per heavy atom. The summed E-state index contributed by atoms with van der Waals surface area (Å²) in [6.07, 6.45) is -7.52. The lowest BCUT2D eigenvalue weighted by molar-refractivity contribution is -0.277. The minimum absolute atomic E-state index is 0.0133. The number of carbonyl (C=O) groups is 4. The highest BCUT2D eigenvalue weighted by Crippen LogP contribution is 2.31. The third kappa shape index (κ3) is 12.2. The van der Waals surface area contributed by atoms with Crippen molar-refractivity contribution < 1.29 is 53.8 Å². The van der Waals surface area contributed by atoms with Gasteiger partial charge in [-0.25, -0.2) is 4.79 Å². The first-order chi connectivity index (χ1) is 22.0. The summed E-state index contributed by atoms with van der Waals surface area (Å²) in [7, 11) is 0. The number of nitrogens with two attached hydrogens (primary N) is 1. The Hall–Kier alpha value is -3.54. The van der Waals surface area contributed by atoms with Crippen molar-refractivity contribution in [3.63, 3.8) is 0 Å². The summed E-state index contributed by atoms with van der Waals surface area (Å²) in [5.74, 6) is -2.04. The molecule has 1 aliphatic heterocycles. The van der Waals surface area contributed by atoms with Gasteiger partial charge in [0.1, 0.15) is 42.8 Å². The number of amides is 4. The quantitative estimate of drug-likeness (QED) is 0.0749. The van der Waals surface area contributed by atoms with Gasteiger partial charge in [0, 0.05) is 12.6 Å². The Bertz CT molecular complexity index is 1200. The minimum Gasteiger partial charge on any atom is -0.461 e. The molecule has 1 aromatic carbocycles. The van der Waals surface area contributed by atoms with Gasteiger partial charge in [-0.15, -0.1) is 0 Å². The summed E-state index contributed by atoms with van der Waals surface area (Å²) in [4.78, 5) is 50.2. The molecule has 266 valence electrons. The van der Waals surface area contributed by atoms with Crippen molar-refractivity contribution in [3.8, 4) is 5.75 Å². The number of hydrogen-bond donors (Lipinski definition) is 9. The van der Waals surface area contributed by atoms with Crippen LogP contribution >= 0.6 is 0 Å². The van der Waals surface area contributed by atoms with E-state index in [0.29, 0.717) is 12.0 Å². The fourth-order valence-electron chi connectivity index (χ4n) is 4.67. The number of aliphatic hydroxyl groups is 4. The van der Waals surface area contributed by atoms with Crippen molar-refractivity contribution in [2.75, 3.05) is 18.5 Å². The molecule has 1 aliphatic rings. The summed E-state index contributed by atoms with van der Waals surface area (Å²) in [5, 5.41) is 51.8. The van der Waals surface area contributed by atoms with Crippen LogP contribution in [-0.2, 0) is 30.5 Å². The van der Waals surface area contributed by atoms with E-state index in [0.717, 1.165) is 0 Å². The summed E-state index contributed by atoms with van der Waals surface area (Å²) in [6.45, 7) is 10.2. The maximum atomic E-state index is 13.7. The zero-order valence-electron chi connectivity index (χ0n) is 27.8. The van der Waals surface area contributed by atoms with E-state index in [1.54, 1.807) is 19.9 Å². The Morgan fingerprint density at radius 1 is 0.979 bits per heavy atom. The molecule has 0 aromatic heterocycles. The molecule has 1 fully saturated rings. The number of hydrogen-bond acceptors (Lipinski definition) is 12. The monoisotopic (exact) mass is 669 g/mol. The number of rotatable bonds is 17. The van der Waals surface area contributed by atoms with E-state index in [1.165, 1.54) is 12.1 Å². The molecule has 47 heavy (non-hydrogen) atoms. The summed E-state index contributed by atoms with van der Waals surface area (Å²) >= 11 is 0. The van der Waals surface area contributed by atoms with Gasteiger partial charge < -0.3 is 61.6 Å². The highest BCUT2D eigenvalue weighted by atomic mass is 16.7. The number of urea groups is 1. The number of nitrogens with one attached hydrogen (secondary N) is 4. The van der Waals surface area contributed by atoms with Gasteiger partial charge in [-0.2, -0.15) is 0 Å². The van der Waals surface area contributed by atoms with Gasteiger partial charge in [-0.3, -0.25) is 14.4 Å². The molecular weight excluding hydrogens is 618 g/mol. The Balaban J connectivity index is 2.40. The van der Waals surface area contributed by atoms with Crippen molar-refractivity contribution >= 4 is 29.5 Å². The third-order valence-electron chi connectivity index (χ3n) is 7.31. The molecular formula is C31H51N5O11. The zero-order valence-corrected chi connectivity index (χ0v) is 27.8. The van der Waals surface area contributed by atoms with E-state index >= 15 is 0 Å². The molecule has 16 nitrogen and oxygen atoms in total. The zero-order chi connectivity index (χ0) is 35.4. The average Bonchev–Trinajstić information content (AvgIpc) is 3.00.